The Hall–Kier alpha value is -1.30. The molecule has 0 spiro atoms. The summed E-state index contributed by atoms with van der Waals surface area (Å²) in [5.74, 6) is -0.821. The molecule has 0 bridgehead atoms. The molecule has 0 saturated heterocycles. The number of aliphatic hydroxyl groups excluding tert-OH is 1. The van der Waals surface area contributed by atoms with Crippen LogP contribution in [-0.4, -0.2) is 40.9 Å². The Balaban J connectivity index is 1.71. The highest BCUT2D eigenvalue weighted by atomic mass is 16.4. The molecule has 0 aliphatic heterocycles. The minimum Gasteiger partial charge on any atom is -0.481 e. The first-order valence-electron chi connectivity index (χ1n) is 7.51. The molecular formula is C14H24N2O4. The number of carbonyl (C=O) groups is 2. The van der Waals surface area contributed by atoms with Gasteiger partial charge < -0.3 is 20.8 Å². The summed E-state index contributed by atoms with van der Waals surface area (Å²) in [5, 5.41) is 24.0. The zero-order chi connectivity index (χ0) is 14.5. The number of urea groups is 1. The van der Waals surface area contributed by atoms with Crippen molar-refractivity contribution >= 4 is 12.0 Å². The number of rotatable bonds is 4. The van der Waals surface area contributed by atoms with E-state index in [0.717, 1.165) is 32.1 Å². The highest BCUT2D eigenvalue weighted by Gasteiger charge is 2.30. The average molecular weight is 284 g/mol. The van der Waals surface area contributed by atoms with Crippen molar-refractivity contribution in [3.63, 3.8) is 0 Å². The summed E-state index contributed by atoms with van der Waals surface area (Å²) < 4.78 is 0. The Bertz CT molecular complexity index is 353. The highest BCUT2D eigenvalue weighted by molar-refractivity contribution is 5.75. The molecular weight excluding hydrogens is 260 g/mol. The van der Waals surface area contributed by atoms with Crippen LogP contribution in [0.4, 0.5) is 4.79 Å². The summed E-state index contributed by atoms with van der Waals surface area (Å²) in [6.07, 6.45) is 5.62. The molecule has 20 heavy (non-hydrogen) atoms. The van der Waals surface area contributed by atoms with Crippen molar-refractivity contribution in [2.24, 2.45) is 11.8 Å². The summed E-state index contributed by atoms with van der Waals surface area (Å²) in [4.78, 5) is 22.8. The molecule has 6 nitrogen and oxygen atoms in total. The van der Waals surface area contributed by atoms with Gasteiger partial charge in [-0.3, -0.25) is 4.79 Å². The average Bonchev–Trinajstić information content (AvgIpc) is 2.86. The predicted octanol–water partition coefficient (Wildman–Crippen LogP) is 1.09. The van der Waals surface area contributed by atoms with Gasteiger partial charge >= 0.3 is 12.0 Å². The first-order chi connectivity index (χ1) is 9.60. The summed E-state index contributed by atoms with van der Waals surface area (Å²) in [5.41, 5.74) is 0. The Kier molecular flexibility index (Phi) is 5.23. The summed E-state index contributed by atoms with van der Waals surface area (Å²) in [6.45, 7) is 0.120. The van der Waals surface area contributed by atoms with Crippen LogP contribution in [0.2, 0.25) is 0 Å². The molecule has 0 unspecified atom stereocenters. The number of aliphatic hydroxyl groups is 1. The smallest absolute Gasteiger partial charge is 0.315 e. The minimum atomic E-state index is -0.732. The Morgan fingerprint density at radius 2 is 1.70 bits per heavy atom. The third-order valence-electron chi connectivity index (χ3n) is 4.62. The van der Waals surface area contributed by atoms with E-state index in [1.54, 1.807) is 0 Å². The van der Waals surface area contributed by atoms with Gasteiger partial charge in [0.05, 0.1) is 5.92 Å². The molecule has 2 aliphatic rings. The van der Waals surface area contributed by atoms with Crippen molar-refractivity contribution in [3.8, 4) is 0 Å². The minimum absolute atomic E-state index is 0.0651. The zero-order valence-electron chi connectivity index (χ0n) is 11.7. The molecule has 2 fully saturated rings. The number of carbonyl (C=O) groups excluding carboxylic acids is 1. The fourth-order valence-corrected chi connectivity index (χ4v) is 3.33. The second kappa shape index (κ2) is 6.92. The van der Waals surface area contributed by atoms with Gasteiger partial charge in [0.2, 0.25) is 0 Å². The van der Waals surface area contributed by atoms with E-state index in [2.05, 4.69) is 10.6 Å². The van der Waals surface area contributed by atoms with Gasteiger partial charge in [0.15, 0.2) is 0 Å². The van der Waals surface area contributed by atoms with Crippen molar-refractivity contribution in [1.82, 2.24) is 10.6 Å². The predicted molar refractivity (Wildman–Crippen MR) is 73.3 cm³/mol. The summed E-state index contributed by atoms with van der Waals surface area (Å²) in [7, 11) is 0. The van der Waals surface area contributed by atoms with Crippen LogP contribution in [0, 0.1) is 11.8 Å². The van der Waals surface area contributed by atoms with Gasteiger partial charge in [-0.15, -0.1) is 0 Å². The monoisotopic (exact) mass is 284 g/mol. The third kappa shape index (κ3) is 3.85. The van der Waals surface area contributed by atoms with Gasteiger partial charge in [-0.1, -0.05) is 6.42 Å². The van der Waals surface area contributed by atoms with Crippen molar-refractivity contribution in [3.05, 3.63) is 0 Å². The van der Waals surface area contributed by atoms with Gasteiger partial charge in [-0.2, -0.15) is 0 Å². The quantitative estimate of drug-likeness (QED) is 0.621. The third-order valence-corrected chi connectivity index (χ3v) is 4.62. The number of aliphatic carboxylic acids is 1. The van der Waals surface area contributed by atoms with E-state index in [9.17, 15) is 14.7 Å². The van der Waals surface area contributed by atoms with Crippen LogP contribution in [0.25, 0.3) is 0 Å². The van der Waals surface area contributed by atoms with E-state index in [-0.39, 0.29) is 36.6 Å². The molecule has 0 aromatic heterocycles. The van der Waals surface area contributed by atoms with E-state index in [0.29, 0.717) is 12.8 Å². The van der Waals surface area contributed by atoms with E-state index in [4.69, 9.17) is 5.11 Å². The molecule has 2 aliphatic carbocycles. The van der Waals surface area contributed by atoms with E-state index in [1.165, 1.54) is 0 Å². The number of carboxylic acids is 1. The van der Waals surface area contributed by atoms with Crippen molar-refractivity contribution in [2.45, 2.75) is 57.0 Å². The molecule has 2 rings (SSSR count). The second-order valence-corrected chi connectivity index (χ2v) is 5.98. The molecule has 6 heteroatoms. The van der Waals surface area contributed by atoms with Crippen LogP contribution in [0.5, 0.6) is 0 Å². The maximum atomic E-state index is 11.9. The highest BCUT2D eigenvalue weighted by Crippen LogP contribution is 2.26. The van der Waals surface area contributed by atoms with Gasteiger partial charge in [0, 0.05) is 24.6 Å². The van der Waals surface area contributed by atoms with E-state index in [1.807, 2.05) is 0 Å². The zero-order valence-corrected chi connectivity index (χ0v) is 11.7. The lowest BCUT2D eigenvalue weighted by Gasteiger charge is -2.28. The number of amides is 2. The fourth-order valence-electron chi connectivity index (χ4n) is 3.33. The van der Waals surface area contributed by atoms with Gasteiger partial charge in [-0.25, -0.2) is 4.79 Å². The molecule has 0 aromatic rings. The number of hydrogen-bond acceptors (Lipinski definition) is 3. The van der Waals surface area contributed by atoms with E-state index >= 15 is 0 Å². The van der Waals surface area contributed by atoms with Gasteiger partial charge in [0.25, 0.3) is 0 Å². The Morgan fingerprint density at radius 1 is 1.00 bits per heavy atom. The first-order valence-corrected chi connectivity index (χ1v) is 7.51. The Morgan fingerprint density at radius 3 is 2.30 bits per heavy atom. The normalized spacial score (nSPS) is 33.6. The van der Waals surface area contributed by atoms with Crippen LogP contribution >= 0.6 is 0 Å². The number of nitrogens with one attached hydrogen (secondary N) is 2. The number of carboxylic acid groups (broad SMARTS) is 1. The summed E-state index contributed by atoms with van der Waals surface area (Å²) in [6, 6.07) is -0.0518. The van der Waals surface area contributed by atoms with Crippen LogP contribution < -0.4 is 10.6 Å². The number of hydrogen-bond donors (Lipinski definition) is 4. The van der Waals surface area contributed by atoms with Crippen molar-refractivity contribution < 1.29 is 19.8 Å². The summed E-state index contributed by atoms with van der Waals surface area (Å²) >= 11 is 0. The molecule has 114 valence electrons. The van der Waals surface area contributed by atoms with E-state index < -0.39 is 5.97 Å². The topological polar surface area (TPSA) is 98.7 Å². The molecule has 0 radical (unpaired) electrons. The van der Waals surface area contributed by atoms with Crippen LogP contribution in [-0.2, 0) is 4.79 Å². The molecule has 4 N–H and O–H groups in total. The van der Waals surface area contributed by atoms with Gasteiger partial charge in [0.1, 0.15) is 0 Å². The fraction of sp³-hybridized carbons (Fsp3) is 0.857. The lowest BCUT2D eigenvalue weighted by molar-refractivity contribution is -0.142. The maximum absolute atomic E-state index is 11.9. The molecule has 2 saturated carbocycles. The van der Waals surface area contributed by atoms with Crippen molar-refractivity contribution in [2.75, 3.05) is 6.61 Å². The molecule has 2 amide bonds. The van der Waals surface area contributed by atoms with Crippen molar-refractivity contribution in [1.29, 1.82) is 0 Å². The SMILES string of the molecule is O=C(NC1CCC(C(=O)O)CC1)N[C@H]1CCC[C@H]1CO. The van der Waals surface area contributed by atoms with Gasteiger partial charge in [-0.05, 0) is 38.5 Å². The second-order valence-electron chi connectivity index (χ2n) is 5.98. The molecule has 2 atom stereocenters. The first kappa shape index (κ1) is 15.1. The van der Waals surface area contributed by atoms with Crippen LogP contribution in [0.1, 0.15) is 44.9 Å². The van der Waals surface area contributed by atoms with Crippen LogP contribution in [0.15, 0.2) is 0 Å². The molecule has 0 aromatic carbocycles. The standard InChI is InChI=1S/C14H24N2O4/c17-8-10-2-1-3-12(10)16-14(20)15-11-6-4-9(5-7-11)13(18)19/h9-12,17H,1-8H2,(H,18,19)(H2,15,16,20)/t9?,10-,11?,12-/m0/s1. The largest absolute Gasteiger partial charge is 0.481 e. The van der Waals surface area contributed by atoms with Crippen LogP contribution in [0.3, 0.4) is 0 Å². The lowest BCUT2D eigenvalue weighted by atomic mass is 9.86. The lowest BCUT2D eigenvalue weighted by Crippen LogP contribution is -2.48. The maximum Gasteiger partial charge on any atom is 0.315 e. The Labute approximate surface area is 118 Å². The molecule has 0 heterocycles.